The molecule has 140 valence electrons. The smallest absolute Gasteiger partial charge is 0.254 e. The van der Waals surface area contributed by atoms with Crippen molar-refractivity contribution in [2.75, 3.05) is 13.6 Å². The second kappa shape index (κ2) is 7.56. The van der Waals surface area contributed by atoms with E-state index in [4.69, 9.17) is 4.98 Å². The van der Waals surface area contributed by atoms with Gasteiger partial charge in [-0.3, -0.25) is 14.8 Å². The van der Waals surface area contributed by atoms with Gasteiger partial charge in [0, 0.05) is 43.9 Å². The first-order valence-electron chi connectivity index (χ1n) is 9.08. The van der Waals surface area contributed by atoms with Crippen LogP contribution in [0.15, 0.2) is 61.3 Å². The van der Waals surface area contributed by atoms with Crippen molar-refractivity contribution in [3.8, 4) is 11.3 Å². The van der Waals surface area contributed by atoms with E-state index in [0.717, 1.165) is 16.5 Å². The van der Waals surface area contributed by atoms with Crippen molar-refractivity contribution in [3.63, 3.8) is 0 Å². The molecule has 0 radical (unpaired) electrons. The molecule has 0 atom stereocenters. The predicted octanol–water partition coefficient (Wildman–Crippen LogP) is 3.03. The Labute approximate surface area is 162 Å². The Balaban J connectivity index is 1.88. The Bertz CT molecular complexity index is 1110. The number of hydrogen-bond acceptors (Lipinski definition) is 5. The van der Waals surface area contributed by atoms with Gasteiger partial charge in [-0.05, 0) is 36.8 Å². The molecule has 0 aliphatic rings. The molecule has 0 unspecified atom stereocenters. The van der Waals surface area contributed by atoms with E-state index in [1.54, 1.807) is 47.6 Å². The highest BCUT2D eigenvalue weighted by atomic mass is 16.2. The van der Waals surface area contributed by atoms with Crippen LogP contribution in [0, 0.1) is 0 Å². The van der Waals surface area contributed by atoms with E-state index in [9.17, 15) is 4.79 Å². The fourth-order valence-electron chi connectivity index (χ4n) is 3.02. The Morgan fingerprint density at radius 2 is 1.89 bits per heavy atom. The van der Waals surface area contributed by atoms with Crippen molar-refractivity contribution in [2.45, 2.75) is 13.5 Å². The van der Waals surface area contributed by atoms with Crippen LogP contribution in [0.25, 0.3) is 22.3 Å². The van der Waals surface area contributed by atoms with Gasteiger partial charge in [-0.25, -0.2) is 9.67 Å². The van der Waals surface area contributed by atoms with E-state index in [1.807, 2.05) is 37.3 Å². The maximum absolute atomic E-state index is 13.0. The molecule has 0 fully saturated rings. The van der Waals surface area contributed by atoms with Gasteiger partial charge in [0.1, 0.15) is 0 Å². The van der Waals surface area contributed by atoms with Gasteiger partial charge >= 0.3 is 0 Å². The van der Waals surface area contributed by atoms with Crippen molar-refractivity contribution in [3.05, 3.63) is 72.4 Å². The molecular weight excluding hydrogens is 352 g/mol. The molecule has 1 amide bonds. The van der Waals surface area contributed by atoms with Crippen molar-refractivity contribution in [1.82, 2.24) is 29.6 Å². The second-order valence-corrected chi connectivity index (χ2v) is 6.52. The molecule has 7 nitrogen and oxygen atoms in total. The number of aromatic nitrogens is 5. The lowest BCUT2D eigenvalue weighted by molar-refractivity contribution is 0.0804. The Kier molecular flexibility index (Phi) is 4.80. The molecular formula is C21H20N6O. The zero-order valence-corrected chi connectivity index (χ0v) is 15.8. The van der Waals surface area contributed by atoms with E-state index < -0.39 is 0 Å². The first-order valence-corrected chi connectivity index (χ1v) is 9.08. The number of amides is 1. The molecule has 7 heteroatoms. The number of fused-ring (bicyclic) bond motifs is 1. The summed E-state index contributed by atoms with van der Waals surface area (Å²) in [6, 6.07) is 9.49. The molecule has 0 N–H and O–H groups in total. The third kappa shape index (κ3) is 3.34. The summed E-state index contributed by atoms with van der Waals surface area (Å²) in [7, 11) is 1.79. The number of nitrogens with zero attached hydrogens (tertiary/aromatic N) is 6. The third-order valence-electron chi connectivity index (χ3n) is 4.67. The fourth-order valence-corrected chi connectivity index (χ4v) is 3.02. The molecule has 0 aromatic carbocycles. The van der Waals surface area contributed by atoms with Gasteiger partial charge in [-0.2, -0.15) is 5.10 Å². The third-order valence-corrected chi connectivity index (χ3v) is 4.67. The van der Waals surface area contributed by atoms with E-state index in [2.05, 4.69) is 15.1 Å². The normalized spacial score (nSPS) is 10.9. The molecule has 0 aliphatic heterocycles. The van der Waals surface area contributed by atoms with Crippen LogP contribution in [0.5, 0.6) is 0 Å². The summed E-state index contributed by atoms with van der Waals surface area (Å²) in [5.74, 6) is -0.0547. The summed E-state index contributed by atoms with van der Waals surface area (Å²) in [5.41, 5.74) is 3.82. The molecule has 4 aromatic rings. The summed E-state index contributed by atoms with van der Waals surface area (Å²) in [4.78, 5) is 27.8. The highest BCUT2D eigenvalue weighted by Gasteiger charge is 2.19. The first-order chi connectivity index (χ1) is 13.7. The van der Waals surface area contributed by atoms with E-state index in [-0.39, 0.29) is 5.91 Å². The fraction of sp³-hybridized carbons (Fsp3) is 0.190. The number of carbonyl (C=O) groups is 1. The summed E-state index contributed by atoms with van der Waals surface area (Å²) in [6.07, 6.45) is 8.71. The first kappa shape index (κ1) is 17.8. The number of rotatable bonds is 5. The quantitative estimate of drug-likeness (QED) is 0.538. The van der Waals surface area contributed by atoms with Gasteiger partial charge in [0.15, 0.2) is 5.65 Å². The lowest BCUT2D eigenvalue weighted by Crippen LogP contribution is -2.26. The van der Waals surface area contributed by atoms with Crippen molar-refractivity contribution in [1.29, 1.82) is 0 Å². The van der Waals surface area contributed by atoms with Crippen LogP contribution in [0.3, 0.4) is 0 Å². The molecule has 28 heavy (non-hydrogen) atoms. The van der Waals surface area contributed by atoms with Crippen LogP contribution < -0.4 is 0 Å². The Morgan fingerprint density at radius 3 is 2.57 bits per heavy atom. The molecule has 4 heterocycles. The predicted molar refractivity (Wildman–Crippen MR) is 107 cm³/mol. The zero-order valence-electron chi connectivity index (χ0n) is 15.8. The number of pyridine rings is 3. The molecule has 0 spiro atoms. The summed E-state index contributed by atoms with van der Waals surface area (Å²) in [5, 5.41) is 5.23. The van der Waals surface area contributed by atoms with Crippen molar-refractivity contribution >= 4 is 16.9 Å². The summed E-state index contributed by atoms with van der Waals surface area (Å²) >= 11 is 0. The van der Waals surface area contributed by atoms with Crippen LogP contribution >= 0.6 is 0 Å². The SMILES string of the molecule is CCN(C)C(=O)c1cc(-c2cccnc2)nc2c1cnn2Cc1cccnc1. The standard InChI is InChI=1S/C21H20N6O/c1-3-26(2)21(28)17-10-19(16-7-5-9-23-12-16)25-20-18(17)13-24-27(20)14-15-6-4-8-22-11-15/h4-13H,3,14H2,1-2H3. The average molecular weight is 372 g/mol. The van der Waals surface area contributed by atoms with Crippen LogP contribution in [-0.4, -0.2) is 49.1 Å². The summed E-state index contributed by atoms with van der Waals surface area (Å²) in [6.45, 7) is 3.09. The molecule has 4 aromatic heterocycles. The molecule has 4 rings (SSSR count). The minimum absolute atomic E-state index is 0.0547. The van der Waals surface area contributed by atoms with Gasteiger partial charge in [0.2, 0.25) is 0 Å². The van der Waals surface area contributed by atoms with Gasteiger partial charge in [0.05, 0.1) is 29.4 Å². The van der Waals surface area contributed by atoms with E-state index in [1.165, 1.54) is 0 Å². The highest BCUT2D eigenvalue weighted by molar-refractivity contribution is 6.06. The minimum atomic E-state index is -0.0547. The summed E-state index contributed by atoms with van der Waals surface area (Å²) < 4.78 is 1.80. The van der Waals surface area contributed by atoms with Crippen LogP contribution in [0.1, 0.15) is 22.8 Å². The largest absolute Gasteiger partial charge is 0.342 e. The topological polar surface area (TPSA) is 76.8 Å². The van der Waals surface area contributed by atoms with Gasteiger partial charge in [-0.1, -0.05) is 6.07 Å². The molecule has 0 saturated carbocycles. The molecule has 0 aliphatic carbocycles. The van der Waals surface area contributed by atoms with E-state index >= 15 is 0 Å². The maximum Gasteiger partial charge on any atom is 0.254 e. The van der Waals surface area contributed by atoms with E-state index in [0.29, 0.717) is 30.0 Å². The second-order valence-electron chi connectivity index (χ2n) is 6.52. The zero-order chi connectivity index (χ0) is 19.5. The monoisotopic (exact) mass is 372 g/mol. The Morgan fingerprint density at radius 1 is 1.11 bits per heavy atom. The van der Waals surface area contributed by atoms with Crippen LogP contribution in [0.4, 0.5) is 0 Å². The Hall–Kier alpha value is -3.61. The van der Waals surface area contributed by atoms with Gasteiger partial charge < -0.3 is 4.90 Å². The van der Waals surface area contributed by atoms with Crippen molar-refractivity contribution < 1.29 is 4.79 Å². The van der Waals surface area contributed by atoms with Gasteiger partial charge in [-0.15, -0.1) is 0 Å². The van der Waals surface area contributed by atoms with Crippen LogP contribution in [0.2, 0.25) is 0 Å². The molecule has 0 saturated heterocycles. The number of hydrogen-bond donors (Lipinski definition) is 0. The maximum atomic E-state index is 13.0. The van der Waals surface area contributed by atoms with Crippen molar-refractivity contribution in [2.24, 2.45) is 0 Å². The lowest BCUT2D eigenvalue weighted by Gasteiger charge is -2.16. The molecule has 0 bridgehead atoms. The lowest BCUT2D eigenvalue weighted by atomic mass is 10.1. The average Bonchev–Trinajstić information content (AvgIpc) is 3.16. The van der Waals surface area contributed by atoms with Crippen LogP contribution in [-0.2, 0) is 6.54 Å². The highest BCUT2D eigenvalue weighted by Crippen LogP contribution is 2.25. The number of carbonyl (C=O) groups excluding carboxylic acids is 1. The van der Waals surface area contributed by atoms with Gasteiger partial charge in [0.25, 0.3) is 5.91 Å². The minimum Gasteiger partial charge on any atom is -0.342 e.